The number of aromatic nitrogens is 3. The molecule has 0 aliphatic carbocycles. The van der Waals surface area contributed by atoms with Gasteiger partial charge in [-0.15, -0.1) is 0 Å². The maximum absolute atomic E-state index is 13.9. The molecule has 28 heavy (non-hydrogen) atoms. The van der Waals surface area contributed by atoms with E-state index in [1.807, 2.05) is 18.0 Å². The molecule has 146 valence electrons. The average Bonchev–Trinajstić information content (AvgIpc) is 3.16. The smallest absolute Gasteiger partial charge is 0.277 e. The molecule has 3 aromatic rings. The number of pyridine rings is 1. The molecule has 0 saturated carbocycles. The number of rotatable bonds is 7. The monoisotopic (exact) mass is 387 g/mol. The number of likely N-dealkylation sites (N-methyl/N-ethyl adjacent to an activating group) is 1. The van der Waals surface area contributed by atoms with Crippen LogP contribution in [0.2, 0.25) is 0 Å². The van der Waals surface area contributed by atoms with Gasteiger partial charge in [-0.3, -0.25) is 4.79 Å². The van der Waals surface area contributed by atoms with Gasteiger partial charge in [0.15, 0.2) is 17.3 Å². The minimum Gasteiger partial charge on any atom is -0.383 e. The second kappa shape index (κ2) is 8.57. The van der Waals surface area contributed by atoms with Crippen molar-refractivity contribution >= 4 is 17.4 Å². The van der Waals surface area contributed by atoms with Crippen molar-refractivity contribution < 1.29 is 18.3 Å². The molecule has 7 nitrogen and oxygen atoms in total. The quantitative estimate of drug-likeness (QED) is 0.675. The van der Waals surface area contributed by atoms with Gasteiger partial charge in [0.1, 0.15) is 11.5 Å². The highest BCUT2D eigenvalue weighted by Crippen LogP contribution is 2.18. The summed E-state index contributed by atoms with van der Waals surface area (Å²) in [5.74, 6) is -1.75. The molecule has 2 aromatic heterocycles. The molecular formula is C19H19F2N5O2. The minimum atomic E-state index is -0.773. The van der Waals surface area contributed by atoms with Gasteiger partial charge in [-0.1, -0.05) is 6.07 Å². The predicted molar refractivity (Wildman–Crippen MR) is 101 cm³/mol. The molecule has 9 heteroatoms. The standard InChI is InChI=1S/C19H19F2N5O2/c1-25(10-11-28-2)13-6-7-17(22-12-13)23-19(27)16-8-9-26(24-16)18-14(20)4-3-5-15(18)21/h3-9,12H,10-11H2,1-2H3,(H,22,23,27). The first-order valence-electron chi connectivity index (χ1n) is 8.47. The van der Waals surface area contributed by atoms with E-state index in [-0.39, 0.29) is 11.4 Å². The van der Waals surface area contributed by atoms with Crippen LogP contribution in [0.1, 0.15) is 10.5 Å². The summed E-state index contributed by atoms with van der Waals surface area (Å²) in [5, 5.41) is 6.56. The highest BCUT2D eigenvalue weighted by Gasteiger charge is 2.15. The van der Waals surface area contributed by atoms with Crippen LogP contribution in [0, 0.1) is 11.6 Å². The van der Waals surface area contributed by atoms with Crippen LogP contribution in [-0.2, 0) is 4.74 Å². The van der Waals surface area contributed by atoms with E-state index >= 15 is 0 Å². The minimum absolute atomic E-state index is 0.00532. The van der Waals surface area contributed by atoms with E-state index in [4.69, 9.17) is 4.74 Å². The molecule has 0 unspecified atom stereocenters. The Morgan fingerprint density at radius 1 is 1.21 bits per heavy atom. The third-order valence-corrected chi connectivity index (χ3v) is 4.05. The fourth-order valence-electron chi connectivity index (χ4n) is 2.50. The van der Waals surface area contributed by atoms with Crippen molar-refractivity contribution in [1.82, 2.24) is 14.8 Å². The lowest BCUT2D eigenvalue weighted by Gasteiger charge is -2.18. The van der Waals surface area contributed by atoms with Crippen LogP contribution in [0.5, 0.6) is 0 Å². The number of ether oxygens (including phenoxy) is 1. The summed E-state index contributed by atoms with van der Waals surface area (Å²) in [6.45, 7) is 1.29. The Labute approximate surface area is 160 Å². The molecule has 0 aliphatic heterocycles. The fourth-order valence-corrected chi connectivity index (χ4v) is 2.50. The lowest BCUT2D eigenvalue weighted by atomic mass is 10.3. The SMILES string of the molecule is COCCN(C)c1ccc(NC(=O)c2ccn(-c3c(F)cccc3F)n2)nc1. The van der Waals surface area contributed by atoms with Crippen LogP contribution < -0.4 is 10.2 Å². The van der Waals surface area contributed by atoms with Gasteiger partial charge < -0.3 is 15.0 Å². The van der Waals surface area contributed by atoms with Gasteiger partial charge in [0.2, 0.25) is 0 Å². The Morgan fingerprint density at radius 2 is 1.96 bits per heavy atom. The number of carbonyl (C=O) groups is 1. The van der Waals surface area contributed by atoms with Gasteiger partial charge >= 0.3 is 0 Å². The van der Waals surface area contributed by atoms with E-state index in [1.54, 1.807) is 19.4 Å². The van der Waals surface area contributed by atoms with Crippen molar-refractivity contribution in [1.29, 1.82) is 0 Å². The van der Waals surface area contributed by atoms with Gasteiger partial charge in [0.05, 0.1) is 18.5 Å². The van der Waals surface area contributed by atoms with Gasteiger partial charge in [0, 0.05) is 26.9 Å². The van der Waals surface area contributed by atoms with Crippen LogP contribution in [0.4, 0.5) is 20.3 Å². The number of benzene rings is 1. The van der Waals surface area contributed by atoms with Crippen molar-refractivity contribution in [3.05, 3.63) is 66.1 Å². The lowest BCUT2D eigenvalue weighted by molar-refractivity contribution is 0.102. The van der Waals surface area contributed by atoms with E-state index in [2.05, 4.69) is 15.4 Å². The molecule has 2 heterocycles. The summed E-state index contributed by atoms with van der Waals surface area (Å²) >= 11 is 0. The number of amides is 1. The largest absolute Gasteiger partial charge is 0.383 e. The van der Waals surface area contributed by atoms with Gasteiger partial charge in [0.25, 0.3) is 5.91 Å². The summed E-state index contributed by atoms with van der Waals surface area (Å²) in [6.07, 6.45) is 2.94. The van der Waals surface area contributed by atoms with Crippen LogP contribution in [-0.4, -0.2) is 48.0 Å². The molecule has 0 aliphatic rings. The topological polar surface area (TPSA) is 72.3 Å². The Hall–Kier alpha value is -3.33. The second-order valence-electron chi connectivity index (χ2n) is 5.99. The molecule has 1 amide bonds. The van der Waals surface area contributed by atoms with Crippen molar-refractivity contribution in [2.24, 2.45) is 0 Å². The van der Waals surface area contributed by atoms with E-state index < -0.39 is 17.5 Å². The number of methoxy groups -OCH3 is 1. The zero-order valence-corrected chi connectivity index (χ0v) is 15.4. The van der Waals surface area contributed by atoms with Crippen LogP contribution in [0.25, 0.3) is 5.69 Å². The molecule has 0 spiro atoms. The second-order valence-corrected chi connectivity index (χ2v) is 5.99. The highest BCUT2D eigenvalue weighted by molar-refractivity contribution is 6.02. The Bertz CT molecular complexity index is 939. The number of para-hydroxylation sites is 1. The molecule has 0 fully saturated rings. The van der Waals surface area contributed by atoms with E-state index in [0.717, 1.165) is 22.5 Å². The molecule has 3 rings (SSSR count). The number of carbonyl (C=O) groups excluding carboxylic acids is 1. The lowest BCUT2D eigenvalue weighted by Crippen LogP contribution is -2.22. The summed E-state index contributed by atoms with van der Waals surface area (Å²) in [4.78, 5) is 18.5. The van der Waals surface area contributed by atoms with Gasteiger partial charge in [-0.2, -0.15) is 5.10 Å². The molecule has 1 aromatic carbocycles. The Kier molecular flexibility index (Phi) is 5.95. The Balaban J connectivity index is 1.70. The number of halogens is 2. The molecule has 1 N–H and O–H groups in total. The highest BCUT2D eigenvalue weighted by atomic mass is 19.1. The van der Waals surface area contributed by atoms with Crippen molar-refractivity contribution in [3.63, 3.8) is 0 Å². The Morgan fingerprint density at radius 3 is 2.61 bits per heavy atom. The summed E-state index contributed by atoms with van der Waals surface area (Å²) in [6, 6.07) is 8.33. The number of hydrogen-bond donors (Lipinski definition) is 1. The van der Waals surface area contributed by atoms with Crippen molar-refractivity contribution in [2.45, 2.75) is 0 Å². The van der Waals surface area contributed by atoms with Crippen LogP contribution in [0.3, 0.4) is 0 Å². The maximum Gasteiger partial charge on any atom is 0.277 e. The summed E-state index contributed by atoms with van der Waals surface area (Å²) in [5.41, 5.74) is 0.531. The average molecular weight is 387 g/mol. The predicted octanol–water partition coefficient (Wildman–Crippen LogP) is 2.88. The van der Waals surface area contributed by atoms with E-state index in [1.165, 1.54) is 18.3 Å². The fraction of sp³-hybridized carbons (Fsp3) is 0.211. The zero-order valence-electron chi connectivity index (χ0n) is 15.4. The van der Waals surface area contributed by atoms with E-state index in [0.29, 0.717) is 19.0 Å². The first-order valence-corrected chi connectivity index (χ1v) is 8.47. The summed E-state index contributed by atoms with van der Waals surface area (Å²) in [7, 11) is 3.54. The number of nitrogens with one attached hydrogen (secondary N) is 1. The third kappa shape index (κ3) is 4.32. The maximum atomic E-state index is 13.9. The molecule has 0 radical (unpaired) electrons. The molecule has 0 bridgehead atoms. The van der Waals surface area contributed by atoms with Gasteiger partial charge in [-0.05, 0) is 30.3 Å². The van der Waals surface area contributed by atoms with Crippen molar-refractivity contribution in [3.8, 4) is 5.69 Å². The number of anilines is 2. The summed E-state index contributed by atoms with van der Waals surface area (Å²) < 4.78 is 33.7. The molecular weight excluding hydrogens is 368 g/mol. The number of hydrogen-bond acceptors (Lipinski definition) is 5. The van der Waals surface area contributed by atoms with Gasteiger partial charge in [-0.25, -0.2) is 18.4 Å². The van der Waals surface area contributed by atoms with Crippen molar-refractivity contribution in [2.75, 3.05) is 37.5 Å². The van der Waals surface area contributed by atoms with Crippen LogP contribution in [0.15, 0.2) is 48.8 Å². The van der Waals surface area contributed by atoms with E-state index in [9.17, 15) is 13.6 Å². The normalized spacial score (nSPS) is 10.7. The molecule has 0 atom stereocenters. The zero-order chi connectivity index (χ0) is 20.1. The van der Waals surface area contributed by atoms with Crippen LogP contribution >= 0.6 is 0 Å². The first-order chi connectivity index (χ1) is 13.5. The molecule has 0 saturated heterocycles. The third-order valence-electron chi connectivity index (χ3n) is 4.05. The number of nitrogens with zero attached hydrogens (tertiary/aromatic N) is 4. The first kappa shape index (κ1) is 19.4.